The minimum absolute atomic E-state index is 0.135. The van der Waals surface area contributed by atoms with Crippen LogP contribution < -0.4 is 14.8 Å². The second-order valence-electron chi connectivity index (χ2n) is 5.59. The third-order valence-electron chi connectivity index (χ3n) is 4.03. The van der Waals surface area contributed by atoms with Crippen LogP contribution in [0.15, 0.2) is 18.2 Å². The third kappa shape index (κ3) is 4.35. The van der Waals surface area contributed by atoms with Crippen LogP contribution in [0.2, 0.25) is 0 Å². The van der Waals surface area contributed by atoms with E-state index in [1.807, 2.05) is 18.2 Å². The van der Waals surface area contributed by atoms with Crippen LogP contribution in [0, 0.1) is 0 Å². The van der Waals surface area contributed by atoms with Crippen molar-refractivity contribution in [2.45, 2.75) is 57.8 Å². The number of rotatable bonds is 6. The first-order valence-electron chi connectivity index (χ1n) is 7.97. The Morgan fingerprint density at radius 3 is 2.81 bits per heavy atom. The number of hydrogen-bond acceptors (Lipinski definition) is 4. The second kappa shape index (κ2) is 8.25. The van der Waals surface area contributed by atoms with Gasteiger partial charge in [0.1, 0.15) is 6.10 Å². The quantitative estimate of drug-likeness (QED) is 0.792. The van der Waals surface area contributed by atoms with Crippen LogP contribution in [-0.2, 0) is 6.54 Å². The van der Waals surface area contributed by atoms with Gasteiger partial charge in [-0.1, -0.05) is 31.9 Å². The summed E-state index contributed by atoms with van der Waals surface area (Å²) in [6, 6.07) is 5.93. The van der Waals surface area contributed by atoms with Gasteiger partial charge in [-0.3, -0.25) is 0 Å². The number of nitrogens with one attached hydrogen (secondary N) is 1. The van der Waals surface area contributed by atoms with E-state index in [4.69, 9.17) is 9.47 Å². The Kier molecular flexibility index (Phi) is 6.33. The molecular formula is C17H27NO3. The second-order valence-corrected chi connectivity index (χ2v) is 5.59. The maximum Gasteiger partial charge on any atom is 0.166 e. The average Bonchev–Trinajstić information content (AvgIpc) is 2.71. The summed E-state index contributed by atoms with van der Waals surface area (Å²) in [5, 5.41) is 13.6. The monoisotopic (exact) mass is 293 g/mol. The molecule has 118 valence electrons. The number of aliphatic hydroxyl groups excluding tert-OH is 1. The summed E-state index contributed by atoms with van der Waals surface area (Å²) in [5.74, 6) is 1.51. The van der Waals surface area contributed by atoms with Crippen molar-refractivity contribution >= 4 is 0 Å². The first-order chi connectivity index (χ1) is 10.3. The molecule has 1 fully saturated rings. The van der Waals surface area contributed by atoms with Crippen LogP contribution in [0.1, 0.15) is 44.6 Å². The zero-order valence-electron chi connectivity index (χ0n) is 13.1. The summed E-state index contributed by atoms with van der Waals surface area (Å²) in [7, 11) is 1.66. The molecule has 2 N–H and O–H groups in total. The summed E-state index contributed by atoms with van der Waals surface area (Å²) in [6.07, 6.45) is 4.57. The molecule has 0 saturated heterocycles. The molecule has 0 aliphatic heterocycles. The predicted molar refractivity (Wildman–Crippen MR) is 83.9 cm³/mol. The van der Waals surface area contributed by atoms with E-state index in [1.165, 1.54) is 6.42 Å². The predicted octanol–water partition coefficient (Wildman–Crippen LogP) is 2.88. The minimum Gasteiger partial charge on any atom is -0.493 e. The van der Waals surface area contributed by atoms with Crippen molar-refractivity contribution in [2.24, 2.45) is 0 Å². The highest BCUT2D eigenvalue weighted by Crippen LogP contribution is 2.34. The molecule has 1 aromatic rings. The molecule has 0 spiro atoms. The maximum atomic E-state index is 10.3. The van der Waals surface area contributed by atoms with Crippen molar-refractivity contribution in [1.29, 1.82) is 0 Å². The van der Waals surface area contributed by atoms with Crippen molar-refractivity contribution < 1.29 is 14.6 Å². The van der Waals surface area contributed by atoms with Gasteiger partial charge in [-0.15, -0.1) is 0 Å². The molecule has 0 aromatic heterocycles. The lowest BCUT2D eigenvalue weighted by atomic mass is 10.1. The highest BCUT2D eigenvalue weighted by molar-refractivity contribution is 5.46. The molecule has 4 heteroatoms. The van der Waals surface area contributed by atoms with E-state index in [1.54, 1.807) is 7.11 Å². The number of aliphatic hydroxyl groups is 1. The standard InChI is InChI=1S/C17H27NO3/c1-3-18-12-13-8-7-11-16(20-2)17(13)21-15-10-6-4-5-9-14(15)19/h7-8,11,14-15,18-19H,3-6,9-10,12H2,1-2H3. The maximum absolute atomic E-state index is 10.3. The van der Waals surface area contributed by atoms with Crippen molar-refractivity contribution in [3.8, 4) is 11.5 Å². The van der Waals surface area contributed by atoms with Crippen molar-refractivity contribution in [3.63, 3.8) is 0 Å². The van der Waals surface area contributed by atoms with Crippen LogP contribution in [0.3, 0.4) is 0 Å². The average molecular weight is 293 g/mol. The molecule has 0 heterocycles. The smallest absolute Gasteiger partial charge is 0.166 e. The van der Waals surface area contributed by atoms with Crippen LogP contribution >= 0.6 is 0 Å². The number of hydrogen-bond donors (Lipinski definition) is 2. The Morgan fingerprint density at radius 2 is 2.05 bits per heavy atom. The normalized spacial score (nSPS) is 22.6. The first-order valence-corrected chi connectivity index (χ1v) is 7.97. The fourth-order valence-electron chi connectivity index (χ4n) is 2.80. The van der Waals surface area contributed by atoms with Gasteiger partial charge in [0.05, 0.1) is 13.2 Å². The first kappa shape index (κ1) is 16.1. The van der Waals surface area contributed by atoms with Gasteiger partial charge in [-0.2, -0.15) is 0 Å². The Hall–Kier alpha value is -1.26. The van der Waals surface area contributed by atoms with E-state index in [2.05, 4.69) is 12.2 Å². The van der Waals surface area contributed by atoms with Crippen LogP contribution in [-0.4, -0.2) is 31.0 Å². The lowest BCUT2D eigenvalue weighted by Gasteiger charge is -2.25. The highest BCUT2D eigenvalue weighted by atomic mass is 16.5. The molecule has 1 saturated carbocycles. The topological polar surface area (TPSA) is 50.7 Å². The zero-order chi connectivity index (χ0) is 15.1. The van der Waals surface area contributed by atoms with Gasteiger partial charge < -0.3 is 19.9 Å². The molecule has 0 bridgehead atoms. The Bertz CT molecular complexity index is 436. The summed E-state index contributed by atoms with van der Waals surface area (Å²) in [4.78, 5) is 0. The molecule has 21 heavy (non-hydrogen) atoms. The third-order valence-corrected chi connectivity index (χ3v) is 4.03. The fraction of sp³-hybridized carbons (Fsp3) is 0.647. The largest absolute Gasteiger partial charge is 0.493 e. The molecule has 2 unspecified atom stereocenters. The van der Waals surface area contributed by atoms with Crippen molar-refractivity contribution in [3.05, 3.63) is 23.8 Å². The number of methoxy groups -OCH3 is 1. The molecule has 2 rings (SSSR count). The van der Waals surface area contributed by atoms with Gasteiger partial charge in [0.25, 0.3) is 0 Å². The number of ether oxygens (including phenoxy) is 2. The molecule has 1 aliphatic carbocycles. The lowest BCUT2D eigenvalue weighted by molar-refractivity contribution is 0.0299. The van der Waals surface area contributed by atoms with Crippen molar-refractivity contribution in [1.82, 2.24) is 5.32 Å². The van der Waals surface area contributed by atoms with Crippen molar-refractivity contribution in [2.75, 3.05) is 13.7 Å². The number of para-hydroxylation sites is 1. The van der Waals surface area contributed by atoms with Crippen LogP contribution in [0.4, 0.5) is 0 Å². The van der Waals surface area contributed by atoms with Gasteiger partial charge >= 0.3 is 0 Å². The van der Waals surface area contributed by atoms with E-state index in [9.17, 15) is 5.11 Å². The molecule has 0 amide bonds. The fourth-order valence-corrected chi connectivity index (χ4v) is 2.80. The van der Waals surface area contributed by atoms with Crippen LogP contribution in [0.5, 0.6) is 11.5 Å². The Balaban J connectivity index is 2.19. The zero-order valence-corrected chi connectivity index (χ0v) is 13.1. The number of benzene rings is 1. The van der Waals surface area contributed by atoms with Gasteiger partial charge in [-0.25, -0.2) is 0 Å². The molecular weight excluding hydrogens is 266 g/mol. The van der Waals surface area contributed by atoms with E-state index >= 15 is 0 Å². The highest BCUT2D eigenvalue weighted by Gasteiger charge is 2.25. The minimum atomic E-state index is -0.385. The molecule has 4 nitrogen and oxygen atoms in total. The molecule has 0 radical (unpaired) electrons. The summed E-state index contributed by atoms with van der Waals surface area (Å²) in [5.41, 5.74) is 1.08. The Morgan fingerprint density at radius 1 is 1.24 bits per heavy atom. The van der Waals surface area contributed by atoms with Crippen LogP contribution in [0.25, 0.3) is 0 Å². The Labute approximate surface area is 127 Å². The SMILES string of the molecule is CCNCc1cccc(OC)c1OC1CCCCCC1O. The lowest BCUT2D eigenvalue weighted by Crippen LogP contribution is -2.31. The van der Waals surface area contributed by atoms with Gasteiger partial charge in [0.15, 0.2) is 11.5 Å². The van der Waals surface area contributed by atoms with Gasteiger partial charge in [0, 0.05) is 12.1 Å². The van der Waals surface area contributed by atoms with E-state index in [0.29, 0.717) is 0 Å². The summed E-state index contributed by atoms with van der Waals surface area (Å²) >= 11 is 0. The summed E-state index contributed by atoms with van der Waals surface area (Å²) < 4.78 is 11.6. The molecule has 1 aromatic carbocycles. The summed E-state index contributed by atoms with van der Waals surface area (Å²) in [6.45, 7) is 3.73. The van der Waals surface area contributed by atoms with E-state index in [-0.39, 0.29) is 12.2 Å². The van der Waals surface area contributed by atoms with E-state index in [0.717, 1.165) is 55.8 Å². The molecule has 1 aliphatic rings. The van der Waals surface area contributed by atoms with Gasteiger partial charge in [0.2, 0.25) is 0 Å². The van der Waals surface area contributed by atoms with Gasteiger partial charge in [-0.05, 0) is 31.9 Å². The van der Waals surface area contributed by atoms with E-state index < -0.39 is 0 Å². The molecule has 2 atom stereocenters.